The first-order chi connectivity index (χ1) is 9.51. The smallest absolute Gasteiger partial charge is 0.267 e. The van der Waals surface area contributed by atoms with Gasteiger partial charge < -0.3 is 20.7 Å². The molecule has 1 aromatic heterocycles. The van der Waals surface area contributed by atoms with Crippen molar-refractivity contribution in [3.05, 3.63) is 4.88 Å². The summed E-state index contributed by atoms with van der Waals surface area (Å²) in [6, 6.07) is 0.265. The van der Waals surface area contributed by atoms with Gasteiger partial charge in [0.2, 0.25) is 0 Å². The second-order valence-electron chi connectivity index (χ2n) is 5.39. The third-order valence-electron chi connectivity index (χ3n) is 3.24. The van der Waals surface area contributed by atoms with Crippen molar-refractivity contribution in [3.8, 4) is 0 Å². The molecular weight excluding hydrogens is 276 g/mol. The molecule has 1 unspecified atom stereocenters. The summed E-state index contributed by atoms with van der Waals surface area (Å²) in [5.74, 6) is 0.722. The zero-order valence-corrected chi connectivity index (χ0v) is 13.0. The fourth-order valence-electron chi connectivity index (χ4n) is 2.33. The Labute approximate surface area is 123 Å². The van der Waals surface area contributed by atoms with Gasteiger partial charge in [-0.2, -0.15) is 0 Å². The van der Waals surface area contributed by atoms with Gasteiger partial charge in [-0.1, -0.05) is 11.3 Å². The number of carbonyl (C=O) groups is 1. The van der Waals surface area contributed by atoms with Crippen LogP contribution in [0.4, 0.5) is 10.9 Å². The standard InChI is InChI=1S/C13H22N4O2S/c1-8(2)15-13-16-11(14)10(20-13)12(18)17-5-4-9(6-17)7-19-3/h8-9H,4-7,14H2,1-3H3,(H,15,16). The first-order valence-corrected chi connectivity index (χ1v) is 7.64. The normalized spacial score (nSPS) is 18.8. The predicted octanol–water partition coefficient (Wildman–Crippen LogP) is 1.65. The van der Waals surface area contributed by atoms with E-state index in [0.717, 1.165) is 19.5 Å². The van der Waals surface area contributed by atoms with E-state index in [1.54, 1.807) is 7.11 Å². The zero-order valence-electron chi connectivity index (χ0n) is 12.2. The molecule has 2 rings (SSSR count). The molecule has 6 nitrogen and oxygen atoms in total. The lowest BCUT2D eigenvalue weighted by molar-refractivity contribution is 0.0781. The number of nitrogens with two attached hydrogens (primary N) is 1. The number of nitrogen functional groups attached to an aromatic ring is 1. The number of carbonyl (C=O) groups excluding carboxylic acids is 1. The number of ether oxygens (including phenoxy) is 1. The molecule has 7 heteroatoms. The summed E-state index contributed by atoms with van der Waals surface area (Å²) in [7, 11) is 1.69. The molecular formula is C13H22N4O2S. The number of anilines is 2. The number of hydrogen-bond acceptors (Lipinski definition) is 6. The zero-order chi connectivity index (χ0) is 14.7. The van der Waals surface area contributed by atoms with Crippen LogP contribution in [0.1, 0.15) is 29.9 Å². The molecule has 1 amide bonds. The molecule has 0 radical (unpaired) electrons. The van der Waals surface area contributed by atoms with Gasteiger partial charge in [0, 0.05) is 32.2 Å². The van der Waals surface area contributed by atoms with E-state index in [-0.39, 0.29) is 11.9 Å². The van der Waals surface area contributed by atoms with Gasteiger partial charge >= 0.3 is 0 Å². The van der Waals surface area contributed by atoms with Crippen LogP contribution in [-0.4, -0.2) is 48.6 Å². The average Bonchev–Trinajstić information content (AvgIpc) is 2.95. The lowest BCUT2D eigenvalue weighted by atomic mass is 10.1. The van der Waals surface area contributed by atoms with E-state index < -0.39 is 0 Å². The Hall–Kier alpha value is -1.34. The van der Waals surface area contributed by atoms with Crippen LogP contribution in [0.3, 0.4) is 0 Å². The SMILES string of the molecule is COCC1CCN(C(=O)c2sc(NC(C)C)nc2N)C1. The van der Waals surface area contributed by atoms with E-state index in [2.05, 4.69) is 10.3 Å². The van der Waals surface area contributed by atoms with Gasteiger partial charge in [0.1, 0.15) is 10.7 Å². The topological polar surface area (TPSA) is 80.5 Å². The van der Waals surface area contributed by atoms with Crippen LogP contribution in [0.25, 0.3) is 0 Å². The fourth-order valence-corrected chi connectivity index (χ4v) is 3.32. The molecule has 1 aliphatic heterocycles. The number of amides is 1. The number of nitrogens with zero attached hydrogens (tertiary/aromatic N) is 2. The molecule has 2 heterocycles. The lowest BCUT2D eigenvalue weighted by Gasteiger charge is -2.15. The van der Waals surface area contributed by atoms with Gasteiger partial charge in [-0.25, -0.2) is 4.98 Å². The van der Waals surface area contributed by atoms with Gasteiger partial charge in [-0.3, -0.25) is 4.79 Å². The molecule has 0 saturated carbocycles. The Morgan fingerprint density at radius 1 is 1.65 bits per heavy atom. The maximum absolute atomic E-state index is 12.5. The number of nitrogens with one attached hydrogen (secondary N) is 1. The third-order valence-corrected chi connectivity index (χ3v) is 4.23. The van der Waals surface area contributed by atoms with Crippen LogP contribution in [0, 0.1) is 5.92 Å². The highest BCUT2D eigenvalue weighted by Crippen LogP contribution is 2.28. The maximum atomic E-state index is 12.5. The molecule has 112 valence electrons. The molecule has 0 spiro atoms. The number of aromatic nitrogens is 1. The first-order valence-electron chi connectivity index (χ1n) is 6.82. The van der Waals surface area contributed by atoms with E-state index in [9.17, 15) is 4.79 Å². The van der Waals surface area contributed by atoms with Gasteiger partial charge in [0.05, 0.1) is 6.61 Å². The van der Waals surface area contributed by atoms with Crippen LogP contribution in [0.2, 0.25) is 0 Å². The molecule has 1 saturated heterocycles. The van der Waals surface area contributed by atoms with E-state index >= 15 is 0 Å². The summed E-state index contributed by atoms with van der Waals surface area (Å²) in [4.78, 5) is 19.0. The Morgan fingerprint density at radius 2 is 2.40 bits per heavy atom. The number of likely N-dealkylation sites (tertiary alicyclic amines) is 1. The lowest BCUT2D eigenvalue weighted by Crippen LogP contribution is -2.29. The number of hydrogen-bond donors (Lipinski definition) is 2. The first kappa shape index (κ1) is 15.1. The predicted molar refractivity (Wildman–Crippen MR) is 81.2 cm³/mol. The second-order valence-corrected chi connectivity index (χ2v) is 6.39. The minimum Gasteiger partial charge on any atom is -0.384 e. The Kier molecular flexibility index (Phi) is 4.82. The summed E-state index contributed by atoms with van der Waals surface area (Å²) >= 11 is 1.33. The van der Waals surface area contributed by atoms with E-state index in [1.807, 2.05) is 18.7 Å². The number of thiazole rings is 1. The largest absolute Gasteiger partial charge is 0.384 e. The molecule has 1 atom stereocenters. The molecule has 20 heavy (non-hydrogen) atoms. The van der Waals surface area contributed by atoms with Crippen LogP contribution >= 0.6 is 11.3 Å². The van der Waals surface area contributed by atoms with Crippen LogP contribution in [-0.2, 0) is 4.74 Å². The molecule has 0 aromatic carbocycles. The molecule has 1 fully saturated rings. The van der Waals surface area contributed by atoms with Crippen molar-refractivity contribution >= 4 is 28.2 Å². The second kappa shape index (κ2) is 6.41. The highest BCUT2D eigenvalue weighted by Gasteiger charge is 2.29. The van der Waals surface area contributed by atoms with Crippen molar-refractivity contribution in [1.82, 2.24) is 9.88 Å². The van der Waals surface area contributed by atoms with E-state index in [4.69, 9.17) is 10.5 Å². The Balaban J connectivity index is 2.04. The van der Waals surface area contributed by atoms with Gasteiger partial charge in [-0.05, 0) is 20.3 Å². The van der Waals surface area contributed by atoms with E-state index in [1.165, 1.54) is 11.3 Å². The quantitative estimate of drug-likeness (QED) is 0.864. The minimum absolute atomic E-state index is 0.0181. The van der Waals surface area contributed by atoms with Crippen molar-refractivity contribution in [2.45, 2.75) is 26.3 Å². The molecule has 1 aliphatic rings. The maximum Gasteiger partial charge on any atom is 0.267 e. The van der Waals surface area contributed by atoms with Gasteiger partial charge in [-0.15, -0.1) is 0 Å². The number of methoxy groups -OCH3 is 1. The molecule has 0 aliphatic carbocycles. The molecule has 3 N–H and O–H groups in total. The highest BCUT2D eigenvalue weighted by molar-refractivity contribution is 7.18. The summed E-state index contributed by atoms with van der Waals surface area (Å²) < 4.78 is 5.15. The summed E-state index contributed by atoms with van der Waals surface area (Å²) in [5.41, 5.74) is 5.87. The van der Waals surface area contributed by atoms with E-state index in [0.29, 0.717) is 28.4 Å². The van der Waals surface area contributed by atoms with Crippen LogP contribution < -0.4 is 11.1 Å². The Morgan fingerprint density at radius 3 is 3.05 bits per heavy atom. The van der Waals surface area contributed by atoms with Crippen LogP contribution in [0.15, 0.2) is 0 Å². The van der Waals surface area contributed by atoms with Gasteiger partial charge in [0.25, 0.3) is 5.91 Å². The molecule has 1 aromatic rings. The highest BCUT2D eigenvalue weighted by atomic mass is 32.1. The van der Waals surface area contributed by atoms with Crippen LogP contribution in [0.5, 0.6) is 0 Å². The third kappa shape index (κ3) is 3.40. The Bertz CT molecular complexity index is 475. The summed E-state index contributed by atoms with van der Waals surface area (Å²) in [6.07, 6.45) is 0.982. The average molecular weight is 298 g/mol. The number of rotatable bonds is 5. The molecule has 0 bridgehead atoms. The monoisotopic (exact) mass is 298 g/mol. The van der Waals surface area contributed by atoms with Gasteiger partial charge in [0.15, 0.2) is 5.13 Å². The van der Waals surface area contributed by atoms with Crippen molar-refractivity contribution in [3.63, 3.8) is 0 Å². The fraction of sp³-hybridized carbons (Fsp3) is 0.692. The van der Waals surface area contributed by atoms with Crippen molar-refractivity contribution in [2.75, 3.05) is 37.9 Å². The van der Waals surface area contributed by atoms with Crippen molar-refractivity contribution in [1.29, 1.82) is 0 Å². The summed E-state index contributed by atoms with van der Waals surface area (Å²) in [6.45, 7) is 6.24. The minimum atomic E-state index is -0.0181. The summed E-state index contributed by atoms with van der Waals surface area (Å²) in [5, 5.41) is 3.88. The van der Waals surface area contributed by atoms with Crippen molar-refractivity contribution in [2.24, 2.45) is 5.92 Å². The van der Waals surface area contributed by atoms with Crippen molar-refractivity contribution < 1.29 is 9.53 Å².